The number of nitrogen functional groups attached to an aromatic ring is 1. The highest BCUT2D eigenvalue weighted by molar-refractivity contribution is 8.00. The normalized spacial score (nSPS) is 19.1. The van der Waals surface area contributed by atoms with Crippen molar-refractivity contribution in [2.45, 2.75) is 18.0 Å². The number of amides is 2. The van der Waals surface area contributed by atoms with Gasteiger partial charge in [0.25, 0.3) is 11.8 Å². The van der Waals surface area contributed by atoms with Crippen LogP contribution in [0.2, 0.25) is 0 Å². The second-order valence-corrected chi connectivity index (χ2v) is 9.95. The number of carbonyl (C=O) groups is 3. The van der Waals surface area contributed by atoms with Gasteiger partial charge < -0.3 is 30.9 Å². The molecule has 15 nitrogen and oxygen atoms in total. The molecule has 1 fully saturated rings. The number of anilines is 1. The van der Waals surface area contributed by atoms with Gasteiger partial charge in [-0.15, -0.1) is 23.1 Å². The van der Waals surface area contributed by atoms with Crippen LogP contribution in [0.3, 0.4) is 0 Å². The van der Waals surface area contributed by atoms with E-state index < -0.39 is 35.3 Å². The SMILES string of the molecule is CO/N=C(\C(=O)N[C@@H]1C(=O)N2C(C(=O)[O-])=C(C[n+]3ccc(-c4noc(O)n4)cc3)CS[C@@H]12)c1csc(N)n1. The lowest BCUT2D eigenvalue weighted by atomic mass is 10.0. The van der Waals surface area contributed by atoms with Crippen LogP contribution in [0.5, 0.6) is 6.08 Å². The van der Waals surface area contributed by atoms with E-state index in [1.165, 1.54) is 24.3 Å². The van der Waals surface area contributed by atoms with Crippen LogP contribution in [0, 0.1) is 0 Å². The van der Waals surface area contributed by atoms with Gasteiger partial charge in [0, 0.05) is 34.4 Å². The number of thioether (sulfide) groups is 1. The number of thiazole rings is 1. The first-order chi connectivity index (χ1) is 18.3. The van der Waals surface area contributed by atoms with Gasteiger partial charge in [-0.1, -0.05) is 10.3 Å². The lowest BCUT2D eigenvalue weighted by molar-refractivity contribution is -0.689. The third-order valence-electron chi connectivity index (χ3n) is 5.63. The van der Waals surface area contributed by atoms with Crippen molar-refractivity contribution < 1.29 is 38.5 Å². The van der Waals surface area contributed by atoms with E-state index in [0.29, 0.717) is 11.1 Å². The average Bonchev–Trinajstić information content (AvgIpc) is 3.53. The number of fused-ring (bicyclic) bond motifs is 1. The van der Waals surface area contributed by atoms with Gasteiger partial charge in [0.05, 0.1) is 11.7 Å². The largest absolute Gasteiger partial charge is 0.543 e. The fourth-order valence-electron chi connectivity index (χ4n) is 3.96. The number of oxime groups is 1. The molecule has 4 N–H and O–H groups in total. The van der Waals surface area contributed by atoms with E-state index in [0.717, 1.165) is 16.2 Å². The Morgan fingerprint density at radius 1 is 1.39 bits per heavy atom. The smallest absolute Gasteiger partial charge is 0.415 e. The first-order valence-electron chi connectivity index (χ1n) is 10.8. The summed E-state index contributed by atoms with van der Waals surface area (Å²) in [4.78, 5) is 51.5. The number of nitrogens with zero attached hydrogens (tertiary/aromatic N) is 6. The van der Waals surface area contributed by atoms with Crippen LogP contribution in [0.15, 0.2) is 50.9 Å². The first-order valence-corrected chi connectivity index (χ1v) is 12.7. The molecule has 0 radical (unpaired) electrons. The maximum absolute atomic E-state index is 13.0. The monoisotopic (exact) mass is 558 g/mol. The molecule has 5 rings (SSSR count). The highest BCUT2D eigenvalue weighted by Crippen LogP contribution is 2.40. The molecule has 0 spiro atoms. The number of carbonyl (C=O) groups excluding carboxylic acids is 3. The Hall–Kier alpha value is -4.51. The molecule has 0 unspecified atom stereocenters. The third kappa shape index (κ3) is 4.63. The summed E-state index contributed by atoms with van der Waals surface area (Å²) in [7, 11) is 1.26. The summed E-state index contributed by atoms with van der Waals surface area (Å²) >= 11 is 2.41. The molecular formula is C21H18N8O7S2. The molecule has 38 heavy (non-hydrogen) atoms. The van der Waals surface area contributed by atoms with E-state index in [-0.39, 0.29) is 40.4 Å². The van der Waals surface area contributed by atoms with E-state index >= 15 is 0 Å². The van der Waals surface area contributed by atoms with Crippen LogP contribution < -0.4 is 20.7 Å². The number of pyridine rings is 1. The molecule has 2 aliphatic heterocycles. The number of aliphatic carboxylic acids is 1. The number of carboxylic acids is 1. The number of nitrogens with two attached hydrogens (primary N) is 1. The summed E-state index contributed by atoms with van der Waals surface area (Å²) in [5.41, 5.74) is 6.45. The van der Waals surface area contributed by atoms with Crippen molar-refractivity contribution in [1.29, 1.82) is 0 Å². The standard InChI is InChI=1S/C21H18N8O7S2/c1-35-26-12(11-8-38-20(22)23-11)16(30)24-13-17(31)29-14(19(32)33)10(7-37-18(13)29)6-28-4-2-9(3-5-28)15-25-21(34)36-27-15/h2-5,8,13,18H,6-7H2,1H3,(H4-,22,23,24,25,27,30,32,33,34)/b26-12-/t13-,18+/m1/s1. The van der Waals surface area contributed by atoms with Gasteiger partial charge in [-0.2, -0.15) is 4.98 Å². The second kappa shape index (κ2) is 10.1. The number of rotatable bonds is 8. The maximum atomic E-state index is 13.0. The van der Waals surface area contributed by atoms with Crippen molar-refractivity contribution >= 4 is 51.7 Å². The predicted molar refractivity (Wildman–Crippen MR) is 129 cm³/mol. The van der Waals surface area contributed by atoms with Gasteiger partial charge in [-0.25, -0.2) is 9.55 Å². The lowest BCUT2D eigenvalue weighted by Gasteiger charge is -2.50. The van der Waals surface area contributed by atoms with Crippen LogP contribution in [-0.4, -0.2) is 72.9 Å². The Bertz CT molecular complexity index is 1480. The zero-order valence-corrected chi connectivity index (χ0v) is 21.1. The molecule has 3 aromatic heterocycles. The molecule has 1 saturated heterocycles. The van der Waals surface area contributed by atoms with Crippen molar-refractivity contribution in [3.05, 3.63) is 46.9 Å². The molecule has 2 aliphatic rings. The number of hydrogen-bond acceptors (Lipinski definition) is 14. The minimum absolute atomic E-state index is 0.164. The lowest BCUT2D eigenvalue weighted by Crippen LogP contribution is -2.71. The molecule has 0 aromatic carbocycles. The fraction of sp³-hybridized carbons (Fsp3) is 0.238. The summed E-state index contributed by atoms with van der Waals surface area (Å²) in [5, 5.41) is 32.3. The first kappa shape index (κ1) is 25.2. The van der Waals surface area contributed by atoms with Crippen LogP contribution in [0.4, 0.5) is 5.13 Å². The molecule has 17 heteroatoms. The number of aromatic nitrogens is 4. The average molecular weight is 559 g/mol. The molecule has 196 valence electrons. The van der Waals surface area contributed by atoms with Crippen molar-refractivity contribution in [2.24, 2.45) is 5.16 Å². The predicted octanol–water partition coefficient (Wildman–Crippen LogP) is -1.78. The van der Waals surface area contributed by atoms with Crippen molar-refractivity contribution in [1.82, 2.24) is 25.3 Å². The molecule has 3 aromatic rings. The maximum Gasteiger partial charge on any atom is 0.415 e. The topological polar surface area (TPSA) is 213 Å². The number of carboxylic acid groups (broad SMARTS) is 1. The van der Waals surface area contributed by atoms with Gasteiger partial charge >= 0.3 is 6.08 Å². The number of hydrogen-bond donors (Lipinski definition) is 3. The summed E-state index contributed by atoms with van der Waals surface area (Å²) in [6.07, 6.45) is 2.78. The molecule has 2 atom stereocenters. The van der Waals surface area contributed by atoms with E-state index in [2.05, 4.69) is 30.1 Å². The Balaban J connectivity index is 1.32. The van der Waals surface area contributed by atoms with Crippen molar-refractivity contribution in [3.8, 4) is 17.5 Å². The number of aromatic hydroxyl groups is 1. The second-order valence-electron chi connectivity index (χ2n) is 7.95. The van der Waals surface area contributed by atoms with Crippen molar-refractivity contribution in [2.75, 3.05) is 18.6 Å². The minimum Gasteiger partial charge on any atom is -0.543 e. The third-order valence-corrected chi connectivity index (χ3v) is 7.64. The summed E-state index contributed by atoms with van der Waals surface area (Å²) in [6, 6.07) is 2.34. The summed E-state index contributed by atoms with van der Waals surface area (Å²) < 4.78 is 6.26. The number of β-lactam (4-membered cyclic amide) rings is 1. The highest BCUT2D eigenvalue weighted by Gasteiger charge is 2.53. The quantitative estimate of drug-likeness (QED) is 0.121. The van der Waals surface area contributed by atoms with Gasteiger partial charge in [-0.3, -0.25) is 19.0 Å². The van der Waals surface area contributed by atoms with E-state index in [4.69, 9.17) is 10.6 Å². The molecule has 2 amide bonds. The number of nitrogens with one attached hydrogen (secondary N) is 1. The fourth-order valence-corrected chi connectivity index (χ4v) is 5.84. The highest BCUT2D eigenvalue weighted by atomic mass is 32.2. The Morgan fingerprint density at radius 3 is 2.76 bits per heavy atom. The van der Waals surface area contributed by atoms with Crippen LogP contribution in [0.25, 0.3) is 11.4 Å². The zero-order chi connectivity index (χ0) is 27.0. The van der Waals surface area contributed by atoms with Gasteiger partial charge in [-0.05, 0) is 0 Å². The molecular weight excluding hydrogens is 540 g/mol. The van der Waals surface area contributed by atoms with Crippen LogP contribution >= 0.6 is 23.1 Å². The minimum atomic E-state index is -1.50. The van der Waals surface area contributed by atoms with Crippen LogP contribution in [-0.2, 0) is 25.8 Å². The zero-order valence-electron chi connectivity index (χ0n) is 19.4. The van der Waals surface area contributed by atoms with Gasteiger partial charge in [0.15, 0.2) is 29.8 Å². The summed E-state index contributed by atoms with van der Waals surface area (Å²) in [5.74, 6) is -2.34. The molecule has 0 aliphatic carbocycles. The Morgan fingerprint density at radius 2 is 2.16 bits per heavy atom. The van der Waals surface area contributed by atoms with Crippen molar-refractivity contribution in [3.63, 3.8) is 0 Å². The Labute approximate surface area is 221 Å². The Kier molecular flexibility index (Phi) is 6.68. The van der Waals surface area contributed by atoms with E-state index in [1.807, 2.05) is 0 Å². The van der Waals surface area contributed by atoms with Gasteiger partial charge in [0.2, 0.25) is 5.82 Å². The molecule has 0 saturated carbocycles. The van der Waals surface area contributed by atoms with E-state index in [1.54, 1.807) is 29.1 Å². The summed E-state index contributed by atoms with van der Waals surface area (Å²) in [6.45, 7) is 0.164. The van der Waals surface area contributed by atoms with Crippen LogP contribution in [0.1, 0.15) is 5.69 Å². The molecule has 5 heterocycles. The van der Waals surface area contributed by atoms with Gasteiger partial charge in [0.1, 0.15) is 24.2 Å². The molecule has 0 bridgehead atoms. The van der Waals surface area contributed by atoms with E-state index in [9.17, 15) is 24.6 Å².